The van der Waals surface area contributed by atoms with Crippen LogP contribution in [-0.4, -0.2) is 65.4 Å². The van der Waals surface area contributed by atoms with Gasteiger partial charge < -0.3 is 39.8 Å². The predicted octanol–water partition coefficient (Wildman–Crippen LogP) is -2.76. The largest absolute Gasteiger partial charge is 0.476 e. The maximum Gasteiger partial charge on any atom is 0.476 e. The van der Waals surface area contributed by atoms with E-state index >= 15 is 0 Å². The third-order valence-electron chi connectivity index (χ3n) is 2.47. The number of rotatable bonds is 4. The lowest BCUT2D eigenvalue weighted by Crippen LogP contribution is -2.60. The van der Waals surface area contributed by atoms with Crippen molar-refractivity contribution >= 4 is 15.4 Å². The first kappa shape index (κ1) is 17.2. The Labute approximate surface area is 106 Å². The molecule has 1 saturated heterocycles. The van der Waals surface area contributed by atoms with E-state index in [1.165, 1.54) is 0 Å². The predicted molar refractivity (Wildman–Crippen MR) is 56.2 cm³/mol. The highest BCUT2D eigenvalue weighted by atomic mass is 31.3. The molecular weight excluding hydrogens is 310 g/mol. The number of aliphatic hydroxyl groups excluding tert-OH is 4. The highest BCUT2D eigenvalue weighted by Gasteiger charge is 2.63. The fourth-order valence-electron chi connectivity index (χ4n) is 1.46. The van der Waals surface area contributed by atoms with Gasteiger partial charge in [0.05, 0.1) is 6.61 Å². The molecule has 0 aromatic heterocycles. The zero-order valence-corrected chi connectivity index (χ0v) is 11.0. The van der Waals surface area contributed by atoms with Gasteiger partial charge in [-0.2, -0.15) is 0 Å². The molecule has 1 radical (unpaired) electrons. The molecule has 0 bridgehead atoms. The van der Waals surface area contributed by atoms with Crippen molar-refractivity contribution in [3.63, 3.8) is 0 Å². The Morgan fingerprint density at radius 2 is 1.74 bits per heavy atom. The van der Waals surface area contributed by atoms with Crippen molar-refractivity contribution < 1.29 is 53.3 Å². The highest BCUT2D eigenvalue weighted by molar-refractivity contribution is 7.64. The maximum atomic E-state index is 11.8. The molecule has 11 nitrogen and oxygen atoms in total. The zero-order chi connectivity index (χ0) is 15.1. The molecule has 0 aliphatic carbocycles. The maximum absolute atomic E-state index is 11.8. The van der Waals surface area contributed by atoms with Crippen LogP contribution < -0.4 is 0 Å². The topological polar surface area (TPSA) is 194 Å². The van der Waals surface area contributed by atoms with E-state index in [4.69, 9.17) is 20.0 Å². The second kappa shape index (κ2) is 5.47. The summed E-state index contributed by atoms with van der Waals surface area (Å²) < 4.78 is 30.5. The number of hydrogen-bond acceptors (Lipinski definition) is 8. The van der Waals surface area contributed by atoms with E-state index in [1.54, 1.807) is 0 Å². The van der Waals surface area contributed by atoms with Crippen LogP contribution in [0.15, 0.2) is 0 Å². The van der Waals surface area contributed by atoms with Gasteiger partial charge in [0.15, 0.2) is 0 Å². The quantitative estimate of drug-likeness (QED) is 0.265. The average Bonchev–Trinajstić information content (AvgIpc) is 2.23. The van der Waals surface area contributed by atoms with Crippen molar-refractivity contribution in [3.8, 4) is 0 Å². The van der Waals surface area contributed by atoms with Crippen molar-refractivity contribution in [2.75, 3.05) is 6.61 Å². The van der Waals surface area contributed by atoms with Crippen LogP contribution in [0.4, 0.5) is 0 Å². The molecule has 0 amide bonds. The van der Waals surface area contributed by atoms with Gasteiger partial charge in [-0.25, -0.2) is 8.88 Å². The Balaban J connectivity index is 3.17. The van der Waals surface area contributed by atoms with E-state index in [0.717, 1.165) is 0 Å². The Kier molecular flexibility index (Phi) is 4.94. The SMILES string of the molecule is O=P(O)(O)OP(=O)(O)[C@]1(CO)O[CH][C@H](O)[C@@H](O)[C@@H]1O. The van der Waals surface area contributed by atoms with Crippen LogP contribution in [0.3, 0.4) is 0 Å². The summed E-state index contributed by atoms with van der Waals surface area (Å²) in [6.07, 6.45) is -6.09. The van der Waals surface area contributed by atoms with Crippen LogP contribution in [0.2, 0.25) is 0 Å². The second-order valence-electron chi connectivity index (χ2n) is 3.78. The minimum atomic E-state index is -5.44. The molecule has 0 aromatic carbocycles. The first-order valence-electron chi connectivity index (χ1n) is 4.73. The summed E-state index contributed by atoms with van der Waals surface area (Å²) in [6, 6.07) is 0. The molecule has 1 heterocycles. The van der Waals surface area contributed by atoms with Crippen molar-refractivity contribution in [2.45, 2.75) is 23.7 Å². The number of hydrogen-bond donors (Lipinski definition) is 7. The van der Waals surface area contributed by atoms with Crippen LogP contribution in [0.25, 0.3) is 0 Å². The van der Waals surface area contributed by atoms with Crippen LogP contribution in [-0.2, 0) is 18.2 Å². The molecule has 1 unspecified atom stereocenters. The van der Waals surface area contributed by atoms with E-state index < -0.39 is 45.7 Å². The normalized spacial score (nSPS) is 39.8. The molecule has 1 rings (SSSR count). The van der Waals surface area contributed by atoms with Crippen molar-refractivity contribution in [2.24, 2.45) is 0 Å². The molecule has 1 aliphatic heterocycles. The van der Waals surface area contributed by atoms with Gasteiger partial charge in [0.2, 0.25) is 5.34 Å². The van der Waals surface area contributed by atoms with Crippen molar-refractivity contribution in [3.05, 3.63) is 6.61 Å². The van der Waals surface area contributed by atoms with Gasteiger partial charge in [-0.15, -0.1) is 0 Å². The van der Waals surface area contributed by atoms with Gasteiger partial charge in [0.25, 0.3) is 0 Å². The van der Waals surface area contributed by atoms with Crippen molar-refractivity contribution in [1.82, 2.24) is 0 Å². The Hall–Kier alpha value is 0.1000. The molecule has 113 valence electrons. The molecule has 1 aliphatic rings. The number of ether oxygens (including phenoxy) is 1. The molecule has 0 aromatic rings. The van der Waals surface area contributed by atoms with Crippen LogP contribution >= 0.6 is 15.4 Å². The first-order chi connectivity index (χ1) is 8.47. The minimum absolute atomic E-state index is 0.430. The molecule has 5 atom stereocenters. The molecule has 7 N–H and O–H groups in total. The Morgan fingerprint density at radius 3 is 2.16 bits per heavy atom. The summed E-state index contributed by atoms with van der Waals surface area (Å²) in [5, 5.41) is 34.3. The summed E-state index contributed by atoms with van der Waals surface area (Å²) in [5.41, 5.74) is 0. The molecule has 1 fully saturated rings. The van der Waals surface area contributed by atoms with E-state index in [-0.39, 0.29) is 0 Å². The average molecular weight is 323 g/mol. The summed E-state index contributed by atoms with van der Waals surface area (Å²) in [5.74, 6) is 0. The standard InChI is InChI=1S/C6H13O11P2/c7-2-6(18(11,12)17-19(13,14)15)5(10)4(9)3(8)1-16-6/h1,3-5,7-10H,2H2,(H,11,12)(H2,13,14,15)/t3-,4+,5-,6-/m0/s1. The lowest BCUT2D eigenvalue weighted by atomic mass is 10.00. The lowest BCUT2D eigenvalue weighted by molar-refractivity contribution is -0.194. The van der Waals surface area contributed by atoms with Crippen LogP contribution in [0.1, 0.15) is 0 Å². The van der Waals surface area contributed by atoms with Gasteiger partial charge in [-0.05, 0) is 0 Å². The smallest absolute Gasteiger partial charge is 0.393 e. The second-order valence-corrected chi connectivity index (χ2v) is 7.21. The van der Waals surface area contributed by atoms with Crippen LogP contribution in [0, 0.1) is 6.61 Å². The van der Waals surface area contributed by atoms with Gasteiger partial charge in [0, 0.05) is 0 Å². The third-order valence-corrected chi connectivity index (χ3v) is 5.67. The minimum Gasteiger partial charge on any atom is -0.393 e. The number of phosphoric acid groups is 1. The van der Waals surface area contributed by atoms with E-state index in [2.05, 4.69) is 9.05 Å². The van der Waals surface area contributed by atoms with Crippen LogP contribution in [0.5, 0.6) is 0 Å². The van der Waals surface area contributed by atoms with E-state index in [9.17, 15) is 24.2 Å². The first-order valence-corrected chi connectivity index (χ1v) is 7.83. The van der Waals surface area contributed by atoms with E-state index in [1.807, 2.05) is 0 Å². The highest BCUT2D eigenvalue weighted by Crippen LogP contribution is 2.66. The summed E-state index contributed by atoms with van der Waals surface area (Å²) in [6.45, 7) is -0.984. The van der Waals surface area contributed by atoms with Gasteiger partial charge >= 0.3 is 15.4 Å². The lowest BCUT2D eigenvalue weighted by Gasteiger charge is -2.44. The Morgan fingerprint density at radius 1 is 1.21 bits per heavy atom. The molecular formula is C6H13O11P2. The van der Waals surface area contributed by atoms with Crippen molar-refractivity contribution in [1.29, 1.82) is 0 Å². The number of aliphatic hydroxyl groups is 4. The fourth-order valence-corrected chi connectivity index (χ4v) is 4.02. The van der Waals surface area contributed by atoms with E-state index in [0.29, 0.717) is 6.61 Å². The molecule has 0 saturated carbocycles. The molecule has 0 spiro atoms. The Bertz CT molecular complexity index is 419. The molecule has 13 heteroatoms. The summed E-state index contributed by atoms with van der Waals surface area (Å²) in [4.78, 5) is 26.5. The monoisotopic (exact) mass is 323 g/mol. The zero-order valence-electron chi connectivity index (χ0n) is 9.17. The van der Waals surface area contributed by atoms with Gasteiger partial charge in [0.1, 0.15) is 24.9 Å². The summed E-state index contributed by atoms with van der Waals surface area (Å²) in [7, 11) is -10.9. The van der Waals surface area contributed by atoms with Gasteiger partial charge in [-0.1, -0.05) is 0 Å². The summed E-state index contributed by atoms with van der Waals surface area (Å²) >= 11 is 0. The fraction of sp³-hybridized carbons (Fsp3) is 0.833. The van der Waals surface area contributed by atoms with Gasteiger partial charge in [-0.3, -0.25) is 4.57 Å². The third kappa shape index (κ3) is 3.23. The molecule has 19 heavy (non-hydrogen) atoms.